The second-order valence-corrected chi connectivity index (χ2v) is 2.35. The number of para-hydroxylation sites is 1. The number of benzene rings is 1. The van der Waals surface area contributed by atoms with E-state index in [1.165, 1.54) is 0 Å². The molecule has 2 nitrogen and oxygen atoms in total. The summed E-state index contributed by atoms with van der Waals surface area (Å²) < 4.78 is 0. The predicted octanol–water partition coefficient (Wildman–Crippen LogP) is 2.29. The molecule has 1 rings (SSSR count). The molecule has 12 heavy (non-hydrogen) atoms. The van der Waals surface area contributed by atoms with Crippen LogP contribution in [0.1, 0.15) is 12.5 Å². The summed E-state index contributed by atoms with van der Waals surface area (Å²) in [7, 11) is 0. The van der Waals surface area contributed by atoms with Gasteiger partial charge >= 0.3 is 0 Å². The van der Waals surface area contributed by atoms with Crippen molar-refractivity contribution in [1.29, 1.82) is 0 Å². The van der Waals surface area contributed by atoms with Crippen LogP contribution in [0.3, 0.4) is 0 Å². The normalized spacial score (nSPS) is 10.1. The molecule has 0 aliphatic carbocycles. The molecule has 0 bridgehead atoms. The van der Waals surface area contributed by atoms with Crippen molar-refractivity contribution < 1.29 is 4.79 Å². The van der Waals surface area contributed by atoms with Gasteiger partial charge in [-0.15, -0.1) is 0 Å². The smallest absolute Gasteiger partial charge is 0.211 e. The minimum absolute atomic E-state index is 0.683. The van der Waals surface area contributed by atoms with Gasteiger partial charge in [0.2, 0.25) is 6.41 Å². The number of anilines is 1. The molecule has 0 heterocycles. The van der Waals surface area contributed by atoms with Gasteiger partial charge in [-0.1, -0.05) is 30.4 Å². The summed E-state index contributed by atoms with van der Waals surface area (Å²) in [5.74, 6) is 0. The molecular weight excluding hydrogens is 150 g/mol. The van der Waals surface area contributed by atoms with E-state index in [1.807, 2.05) is 43.3 Å². The van der Waals surface area contributed by atoms with Crippen molar-refractivity contribution in [2.75, 3.05) is 5.32 Å². The fraction of sp³-hybridized carbons (Fsp3) is 0.100. The molecule has 0 unspecified atom stereocenters. The van der Waals surface area contributed by atoms with E-state index in [0.717, 1.165) is 11.3 Å². The molecular formula is C10H11NO. The summed E-state index contributed by atoms with van der Waals surface area (Å²) in [6.45, 7) is 1.94. The lowest BCUT2D eigenvalue weighted by Gasteiger charge is -2.02. The first-order valence-corrected chi connectivity index (χ1v) is 3.80. The topological polar surface area (TPSA) is 29.1 Å². The van der Waals surface area contributed by atoms with Crippen molar-refractivity contribution in [3.8, 4) is 0 Å². The van der Waals surface area contributed by atoms with Crippen LogP contribution in [0.25, 0.3) is 6.08 Å². The highest BCUT2D eigenvalue weighted by molar-refractivity contribution is 5.78. The second kappa shape index (κ2) is 4.34. The lowest BCUT2D eigenvalue weighted by Crippen LogP contribution is -1.95. The largest absolute Gasteiger partial charge is 0.328 e. The fourth-order valence-corrected chi connectivity index (χ4v) is 1.02. The number of allylic oxidation sites excluding steroid dienone is 1. The van der Waals surface area contributed by atoms with Gasteiger partial charge in [0, 0.05) is 5.69 Å². The molecule has 0 fully saturated rings. The van der Waals surface area contributed by atoms with Crippen LogP contribution >= 0.6 is 0 Å². The van der Waals surface area contributed by atoms with Crippen molar-refractivity contribution in [2.45, 2.75) is 6.92 Å². The molecule has 1 N–H and O–H groups in total. The van der Waals surface area contributed by atoms with Crippen LogP contribution in [0.5, 0.6) is 0 Å². The lowest BCUT2D eigenvalue weighted by atomic mass is 10.1. The number of carbonyl (C=O) groups excluding carboxylic acids is 1. The van der Waals surface area contributed by atoms with E-state index < -0.39 is 0 Å². The third-order valence-electron chi connectivity index (χ3n) is 1.52. The second-order valence-electron chi connectivity index (χ2n) is 2.35. The molecule has 1 aromatic carbocycles. The van der Waals surface area contributed by atoms with Crippen LogP contribution in [0, 0.1) is 0 Å². The Hall–Kier alpha value is -1.57. The lowest BCUT2D eigenvalue weighted by molar-refractivity contribution is -0.105. The summed E-state index contributed by atoms with van der Waals surface area (Å²) in [5, 5.41) is 2.63. The Morgan fingerprint density at radius 3 is 2.75 bits per heavy atom. The Bertz CT molecular complexity index is 292. The standard InChI is InChI=1S/C10H11NO/c1-2-5-9-6-3-4-7-10(9)11-8-12/h2-8H,1H3,(H,11,12)/b5-2-. The average Bonchev–Trinajstić information content (AvgIpc) is 2.09. The first-order valence-electron chi connectivity index (χ1n) is 3.80. The van der Waals surface area contributed by atoms with Crippen molar-refractivity contribution in [3.05, 3.63) is 35.9 Å². The summed E-state index contributed by atoms with van der Waals surface area (Å²) >= 11 is 0. The molecule has 0 atom stereocenters. The zero-order valence-corrected chi connectivity index (χ0v) is 6.95. The molecule has 0 radical (unpaired) electrons. The first kappa shape index (κ1) is 8.53. The maximum Gasteiger partial charge on any atom is 0.211 e. The molecule has 1 aromatic rings. The zero-order chi connectivity index (χ0) is 8.81. The van der Waals surface area contributed by atoms with Crippen LogP contribution in [0.2, 0.25) is 0 Å². The average molecular weight is 161 g/mol. The number of hydrogen-bond donors (Lipinski definition) is 1. The van der Waals surface area contributed by atoms with Gasteiger partial charge < -0.3 is 5.32 Å². The molecule has 0 aliphatic rings. The highest BCUT2D eigenvalue weighted by Gasteiger charge is 1.94. The molecule has 0 aromatic heterocycles. The molecule has 1 amide bonds. The van der Waals surface area contributed by atoms with Gasteiger partial charge in [0.05, 0.1) is 0 Å². The van der Waals surface area contributed by atoms with Gasteiger partial charge in [0.1, 0.15) is 0 Å². The van der Waals surface area contributed by atoms with Gasteiger partial charge in [-0.05, 0) is 18.6 Å². The molecule has 0 aliphatic heterocycles. The SMILES string of the molecule is C/C=C\c1ccccc1NC=O. The predicted molar refractivity (Wildman–Crippen MR) is 50.8 cm³/mol. The highest BCUT2D eigenvalue weighted by atomic mass is 16.1. The number of nitrogens with one attached hydrogen (secondary N) is 1. The Balaban J connectivity index is 2.99. The third kappa shape index (κ3) is 1.95. The van der Waals surface area contributed by atoms with Crippen LogP contribution in [-0.4, -0.2) is 6.41 Å². The Morgan fingerprint density at radius 1 is 1.33 bits per heavy atom. The minimum Gasteiger partial charge on any atom is -0.328 e. The third-order valence-corrected chi connectivity index (χ3v) is 1.52. The maximum atomic E-state index is 10.2. The van der Waals surface area contributed by atoms with Gasteiger partial charge in [-0.25, -0.2) is 0 Å². The van der Waals surface area contributed by atoms with E-state index in [9.17, 15) is 4.79 Å². The van der Waals surface area contributed by atoms with E-state index in [1.54, 1.807) is 0 Å². The van der Waals surface area contributed by atoms with Crippen LogP contribution in [-0.2, 0) is 4.79 Å². The molecule has 0 spiro atoms. The van der Waals surface area contributed by atoms with Crippen molar-refractivity contribution in [3.63, 3.8) is 0 Å². The van der Waals surface area contributed by atoms with Gasteiger partial charge in [0.25, 0.3) is 0 Å². The zero-order valence-electron chi connectivity index (χ0n) is 6.95. The quantitative estimate of drug-likeness (QED) is 0.677. The van der Waals surface area contributed by atoms with E-state index in [4.69, 9.17) is 0 Å². The van der Waals surface area contributed by atoms with Crippen molar-refractivity contribution in [2.24, 2.45) is 0 Å². The molecule has 62 valence electrons. The van der Waals surface area contributed by atoms with E-state index >= 15 is 0 Å². The van der Waals surface area contributed by atoms with Crippen molar-refractivity contribution >= 4 is 18.2 Å². The van der Waals surface area contributed by atoms with Gasteiger partial charge in [-0.2, -0.15) is 0 Å². The number of amides is 1. The highest BCUT2D eigenvalue weighted by Crippen LogP contribution is 2.15. The Morgan fingerprint density at radius 2 is 2.08 bits per heavy atom. The van der Waals surface area contributed by atoms with Crippen LogP contribution in [0.15, 0.2) is 30.3 Å². The summed E-state index contributed by atoms with van der Waals surface area (Å²) in [6, 6.07) is 7.64. The van der Waals surface area contributed by atoms with Gasteiger partial charge in [0.15, 0.2) is 0 Å². The minimum atomic E-state index is 0.683. The maximum absolute atomic E-state index is 10.2. The summed E-state index contributed by atoms with van der Waals surface area (Å²) in [6.07, 6.45) is 4.57. The Labute approximate surface area is 71.9 Å². The molecule has 0 saturated carbocycles. The van der Waals surface area contributed by atoms with Crippen LogP contribution < -0.4 is 5.32 Å². The number of hydrogen-bond acceptors (Lipinski definition) is 1. The number of rotatable bonds is 3. The van der Waals surface area contributed by atoms with Crippen LogP contribution in [0.4, 0.5) is 5.69 Å². The van der Waals surface area contributed by atoms with E-state index in [0.29, 0.717) is 6.41 Å². The van der Waals surface area contributed by atoms with E-state index in [2.05, 4.69) is 5.32 Å². The first-order chi connectivity index (χ1) is 5.88. The number of carbonyl (C=O) groups is 1. The van der Waals surface area contributed by atoms with Crippen molar-refractivity contribution in [1.82, 2.24) is 0 Å². The summed E-state index contributed by atoms with van der Waals surface area (Å²) in [5.41, 5.74) is 1.86. The summed E-state index contributed by atoms with van der Waals surface area (Å²) in [4.78, 5) is 10.2. The van der Waals surface area contributed by atoms with E-state index in [-0.39, 0.29) is 0 Å². The van der Waals surface area contributed by atoms with Gasteiger partial charge in [-0.3, -0.25) is 4.79 Å². The fourth-order valence-electron chi connectivity index (χ4n) is 1.02. The molecule has 2 heteroatoms. The molecule has 0 saturated heterocycles. The monoisotopic (exact) mass is 161 g/mol. The Kier molecular flexibility index (Phi) is 3.08.